The second-order valence-electron chi connectivity index (χ2n) is 4.21. The Morgan fingerprint density at radius 2 is 2.20 bits per heavy atom. The summed E-state index contributed by atoms with van der Waals surface area (Å²) in [6, 6.07) is 8.59. The number of sulfonamides is 1. The minimum atomic E-state index is -3.57. The largest absolute Gasteiger partial charge is 0.250 e. The third-order valence-corrected chi connectivity index (χ3v) is 6.66. The molecule has 1 unspecified atom stereocenters. The Morgan fingerprint density at radius 3 is 2.75 bits per heavy atom. The van der Waals surface area contributed by atoms with Crippen molar-refractivity contribution in [2.75, 3.05) is 0 Å². The third-order valence-electron chi connectivity index (χ3n) is 2.72. The fourth-order valence-electron chi connectivity index (χ4n) is 1.81. The summed E-state index contributed by atoms with van der Waals surface area (Å²) in [5.74, 6) is 0. The molecule has 1 atom stereocenters. The molecule has 0 radical (unpaired) electrons. The molecule has 106 valence electrons. The summed E-state index contributed by atoms with van der Waals surface area (Å²) in [6.45, 7) is 2.02. The first kappa shape index (κ1) is 15.2. The predicted octanol–water partition coefficient (Wildman–Crippen LogP) is 3.50. The van der Waals surface area contributed by atoms with Crippen molar-refractivity contribution in [3.63, 3.8) is 0 Å². The highest BCUT2D eigenvalue weighted by molar-refractivity contribution is 7.91. The van der Waals surface area contributed by atoms with E-state index in [0.717, 1.165) is 29.1 Å². The zero-order chi connectivity index (χ0) is 14.6. The van der Waals surface area contributed by atoms with Gasteiger partial charge in [-0.1, -0.05) is 19.4 Å². The summed E-state index contributed by atoms with van der Waals surface area (Å²) < 4.78 is 27.6. The maximum Gasteiger partial charge on any atom is 0.250 e. The molecule has 0 saturated carbocycles. The average Bonchev–Trinajstić information content (AvgIpc) is 3.09. The van der Waals surface area contributed by atoms with E-state index in [1.807, 2.05) is 30.5 Å². The van der Waals surface area contributed by atoms with Gasteiger partial charge in [-0.3, -0.25) is 0 Å². The first-order valence-electron chi connectivity index (χ1n) is 6.12. The number of nitrogens with zero attached hydrogens (tertiary/aromatic N) is 1. The van der Waals surface area contributed by atoms with E-state index in [0.29, 0.717) is 4.88 Å². The van der Waals surface area contributed by atoms with Crippen molar-refractivity contribution in [1.82, 2.24) is 4.72 Å². The van der Waals surface area contributed by atoms with E-state index in [4.69, 9.17) is 5.26 Å². The molecule has 1 N–H and O–H groups in total. The first-order chi connectivity index (χ1) is 9.56. The number of rotatable bonds is 6. The second-order valence-corrected chi connectivity index (χ2v) is 8.21. The van der Waals surface area contributed by atoms with Crippen molar-refractivity contribution in [3.8, 4) is 6.07 Å². The summed E-state index contributed by atoms with van der Waals surface area (Å²) in [5, 5.41) is 10.7. The molecule has 2 aromatic heterocycles. The Hall–Kier alpha value is -1.20. The predicted molar refractivity (Wildman–Crippen MR) is 81.3 cm³/mol. The molecule has 4 nitrogen and oxygen atoms in total. The summed E-state index contributed by atoms with van der Waals surface area (Å²) >= 11 is 2.53. The highest BCUT2D eigenvalue weighted by Gasteiger charge is 2.23. The molecule has 0 amide bonds. The second kappa shape index (κ2) is 6.50. The van der Waals surface area contributed by atoms with Gasteiger partial charge < -0.3 is 0 Å². The molecular formula is C13H14N2O2S3. The van der Waals surface area contributed by atoms with Crippen molar-refractivity contribution < 1.29 is 8.42 Å². The summed E-state index contributed by atoms with van der Waals surface area (Å²) in [6.07, 6.45) is 1.63. The lowest BCUT2D eigenvalue weighted by Gasteiger charge is -2.16. The van der Waals surface area contributed by atoms with Crippen LogP contribution in [0.4, 0.5) is 0 Å². The van der Waals surface area contributed by atoms with Gasteiger partial charge >= 0.3 is 0 Å². The van der Waals surface area contributed by atoms with Crippen LogP contribution in [0.3, 0.4) is 0 Å². The molecule has 0 aromatic carbocycles. The molecule has 2 aromatic rings. The fourth-order valence-corrected chi connectivity index (χ4v) is 5.06. The summed E-state index contributed by atoms with van der Waals surface area (Å²) in [4.78, 5) is 1.40. The minimum absolute atomic E-state index is 0.187. The van der Waals surface area contributed by atoms with Gasteiger partial charge in [-0.25, -0.2) is 13.1 Å². The summed E-state index contributed by atoms with van der Waals surface area (Å²) in [5.41, 5.74) is 0. The van der Waals surface area contributed by atoms with Crippen molar-refractivity contribution in [1.29, 1.82) is 5.26 Å². The third kappa shape index (κ3) is 3.46. The van der Waals surface area contributed by atoms with Gasteiger partial charge in [0.1, 0.15) is 15.2 Å². The van der Waals surface area contributed by atoms with E-state index >= 15 is 0 Å². The zero-order valence-corrected chi connectivity index (χ0v) is 13.3. The lowest BCUT2D eigenvalue weighted by molar-refractivity contribution is 0.542. The van der Waals surface area contributed by atoms with Gasteiger partial charge in [0.05, 0.1) is 6.04 Å². The smallest absolute Gasteiger partial charge is 0.206 e. The standard InChI is InChI=1S/C13H14N2O2S3/c1-2-4-11(12-5-3-8-18-12)15-20(16,17)13-7-6-10(9-14)19-13/h3,5-8,11,15H,2,4H2,1H3. The van der Waals surface area contributed by atoms with Crippen LogP contribution in [0.25, 0.3) is 0 Å². The van der Waals surface area contributed by atoms with E-state index < -0.39 is 10.0 Å². The molecule has 2 rings (SSSR count). The number of thiophene rings is 2. The first-order valence-corrected chi connectivity index (χ1v) is 9.30. The Labute approximate surface area is 126 Å². The number of hydrogen-bond donors (Lipinski definition) is 1. The van der Waals surface area contributed by atoms with Gasteiger partial charge in [0.15, 0.2) is 0 Å². The maximum atomic E-state index is 12.3. The van der Waals surface area contributed by atoms with Crippen molar-refractivity contribution in [2.24, 2.45) is 0 Å². The Balaban J connectivity index is 2.23. The van der Waals surface area contributed by atoms with E-state index in [-0.39, 0.29) is 10.3 Å². The average molecular weight is 326 g/mol. The summed E-state index contributed by atoms with van der Waals surface area (Å²) in [7, 11) is -3.57. The normalized spacial score (nSPS) is 13.0. The number of hydrogen-bond acceptors (Lipinski definition) is 5. The Kier molecular flexibility index (Phi) is 4.94. The molecule has 0 aliphatic heterocycles. The molecule has 0 fully saturated rings. The van der Waals surface area contributed by atoms with E-state index in [1.54, 1.807) is 11.3 Å². The van der Waals surface area contributed by atoms with Crippen LogP contribution in [0.2, 0.25) is 0 Å². The monoisotopic (exact) mass is 326 g/mol. The number of nitriles is 1. The van der Waals surface area contributed by atoms with Crippen LogP contribution in [0, 0.1) is 11.3 Å². The topological polar surface area (TPSA) is 70.0 Å². The molecule has 2 heterocycles. The van der Waals surface area contributed by atoms with Crippen molar-refractivity contribution in [3.05, 3.63) is 39.4 Å². The SMILES string of the molecule is CCCC(NS(=O)(=O)c1ccc(C#N)s1)c1cccs1. The molecule has 0 aliphatic rings. The molecule has 0 bridgehead atoms. The molecule has 0 saturated heterocycles. The maximum absolute atomic E-state index is 12.3. The van der Waals surface area contributed by atoms with Gasteiger partial charge in [-0.15, -0.1) is 22.7 Å². The van der Waals surface area contributed by atoms with Crippen molar-refractivity contribution in [2.45, 2.75) is 30.0 Å². The molecule has 7 heteroatoms. The van der Waals surface area contributed by atoms with Crippen LogP contribution in [-0.2, 0) is 10.0 Å². The quantitative estimate of drug-likeness (QED) is 0.883. The van der Waals surface area contributed by atoms with Crippen LogP contribution in [0.5, 0.6) is 0 Å². The van der Waals surface area contributed by atoms with Crippen molar-refractivity contribution >= 4 is 32.7 Å². The molecule has 0 spiro atoms. The number of nitrogens with one attached hydrogen (secondary N) is 1. The van der Waals surface area contributed by atoms with E-state index in [1.165, 1.54) is 12.1 Å². The lowest BCUT2D eigenvalue weighted by Crippen LogP contribution is -2.27. The van der Waals surface area contributed by atoms with Crippen LogP contribution in [0.1, 0.15) is 35.6 Å². The van der Waals surface area contributed by atoms with Crippen LogP contribution >= 0.6 is 22.7 Å². The lowest BCUT2D eigenvalue weighted by atomic mass is 10.1. The fraction of sp³-hybridized carbons (Fsp3) is 0.308. The van der Waals surface area contributed by atoms with Gasteiger partial charge in [0.25, 0.3) is 10.0 Å². The molecular weight excluding hydrogens is 312 g/mol. The minimum Gasteiger partial charge on any atom is -0.206 e. The van der Waals surface area contributed by atoms with Gasteiger partial charge in [0, 0.05) is 4.88 Å². The van der Waals surface area contributed by atoms with E-state index in [9.17, 15) is 8.42 Å². The Bertz CT molecular complexity index is 696. The van der Waals surface area contributed by atoms with Gasteiger partial charge in [0.2, 0.25) is 0 Å². The van der Waals surface area contributed by atoms with E-state index in [2.05, 4.69) is 4.72 Å². The van der Waals surface area contributed by atoms with Gasteiger partial charge in [-0.2, -0.15) is 5.26 Å². The van der Waals surface area contributed by atoms with Gasteiger partial charge in [-0.05, 0) is 30.0 Å². The van der Waals surface area contributed by atoms with Crippen LogP contribution < -0.4 is 4.72 Å². The Morgan fingerprint density at radius 1 is 1.40 bits per heavy atom. The van der Waals surface area contributed by atoms with Crippen LogP contribution in [0.15, 0.2) is 33.9 Å². The molecule has 0 aliphatic carbocycles. The zero-order valence-electron chi connectivity index (χ0n) is 10.9. The molecule has 20 heavy (non-hydrogen) atoms. The highest BCUT2D eigenvalue weighted by atomic mass is 32.2. The highest BCUT2D eigenvalue weighted by Crippen LogP contribution is 2.27. The van der Waals surface area contributed by atoms with Crippen LogP contribution in [-0.4, -0.2) is 8.42 Å².